The number of carboxylic acids is 1. The third-order valence-corrected chi connectivity index (χ3v) is 8.69. The molecule has 0 unspecified atom stereocenters. The summed E-state index contributed by atoms with van der Waals surface area (Å²) in [7, 11) is 3.90. The molecule has 1 N–H and O–H groups in total. The molecule has 0 aliphatic carbocycles. The van der Waals surface area contributed by atoms with Crippen LogP contribution in [0, 0.1) is 0 Å². The number of halogens is 1. The molecule has 0 fully saturated rings. The van der Waals surface area contributed by atoms with Gasteiger partial charge in [-0.1, -0.05) is 41.7 Å². The third-order valence-electron chi connectivity index (χ3n) is 7.09. The first kappa shape index (κ1) is 31.0. The van der Waals surface area contributed by atoms with Gasteiger partial charge in [0.2, 0.25) is 0 Å². The number of fused-ring (bicyclic) bond motifs is 1. The summed E-state index contributed by atoms with van der Waals surface area (Å²) in [6, 6.07) is 19.1. The van der Waals surface area contributed by atoms with Gasteiger partial charge in [0.1, 0.15) is 12.4 Å². The number of hydrogen-bond acceptors (Lipinski definition) is 8. The molecule has 11 heteroatoms. The number of esters is 1. The van der Waals surface area contributed by atoms with E-state index in [1.807, 2.05) is 55.4 Å². The molecule has 1 atom stereocenters. The van der Waals surface area contributed by atoms with Crippen LogP contribution < -0.4 is 24.5 Å². The third kappa shape index (κ3) is 6.39. The van der Waals surface area contributed by atoms with Crippen molar-refractivity contribution in [3.63, 3.8) is 0 Å². The molecule has 1 aliphatic heterocycles. The summed E-state index contributed by atoms with van der Waals surface area (Å²) in [5.41, 5.74) is 4.18. The van der Waals surface area contributed by atoms with E-state index in [4.69, 9.17) is 14.6 Å². The van der Waals surface area contributed by atoms with Gasteiger partial charge in [0.15, 0.2) is 4.80 Å². The van der Waals surface area contributed by atoms with E-state index in [1.165, 1.54) is 23.5 Å². The fourth-order valence-electron chi connectivity index (χ4n) is 4.84. The number of aromatic nitrogens is 1. The number of carboxylic acid groups (broad SMARTS) is 1. The van der Waals surface area contributed by atoms with Gasteiger partial charge in [0.25, 0.3) is 5.56 Å². The molecule has 0 saturated carbocycles. The monoisotopic (exact) mass is 675 g/mol. The summed E-state index contributed by atoms with van der Waals surface area (Å²) in [5.74, 6) is -0.879. The van der Waals surface area contributed by atoms with Crippen LogP contribution in [0.15, 0.2) is 92.3 Å². The summed E-state index contributed by atoms with van der Waals surface area (Å²) in [4.78, 5) is 45.3. The first-order valence-electron chi connectivity index (χ1n) is 13.8. The molecule has 226 valence electrons. The molecule has 44 heavy (non-hydrogen) atoms. The number of nitrogens with zero attached hydrogens (tertiary/aromatic N) is 3. The first-order valence-corrected chi connectivity index (χ1v) is 15.4. The van der Waals surface area contributed by atoms with E-state index in [1.54, 1.807) is 42.7 Å². The number of hydrogen-bond donors (Lipinski definition) is 1. The van der Waals surface area contributed by atoms with Crippen molar-refractivity contribution in [3.05, 3.63) is 124 Å². The summed E-state index contributed by atoms with van der Waals surface area (Å²) < 4.78 is 14.1. The number of aromatic carboxylic acids is 1. The van der Waals surface area contributed by atoms with Gasteiger partial charge >= 0.3 is 11.9 Å². The Morgan fingerprint density at radius 2 is 1.80 bits per heavy atom. The van der Waals surface area contributed by atoms with E-state index in [0.29, 0.717) is 30.8 Å². The normalized spacial score (nSPS) is 14.6. The average molecular weight is 677 g/mol. The van der Waals surface area contributed by atoms with Crippen molar-refractivity contribution in [3.8, 4) is 5.75 Å². The maximum absolute atomic E-state index is 13.9. The van der Waals surface area contributed by atoms with E-state index in [9.17, 15) is 14.4 Å². The van der Waals surface area contributed by atoms with E-state index in [2.05, 4.69) is 20.9 Å². The Morgan fingerprint density at radius 1 is 1.09 bits per heavy atom. The van der Waals surface area contributed by atoms with Gasteiger partial charge in [-0.15, -0.1) is 0 Å². The summed E-state index contributed by atoms with van der Waals surface area (Å²) in [5, 5.41) is 9.08. The van der Waals surface area contributed by atoms with Crippen LogP contribution in [0.25, 0.3) is 6.08 Å². The molecule has 3 aromatic carbocycles. The minimum Gasteiger partial charge on any atom is -0.488 e. The predicted octanol–water partition coefficient (Wildman–Crippen LogP) is 4.90. The Bertz CT molecular complexity index is 1940. The summed E-state index contributed by atoms with van der Waals surface area (Å²) in [6.45, 7) is 3.98. The minimum atomic E-state index is -0.980. The highest BCUT2D eigenvalue weighted by atomic mass is 79.9. The van der Waals surface area contributed by atoms with Crippen LogP contribution in [0.3, 0.4) is 0 Å². The molecule has 5 rings (SSSR count). The van der Waals surface area contributed by atoms with E-state index < -0.39 is 18.0 Å². The lowest BCUT2D eigenvalue weighted by Crippen LogP contribution is -2.39. The number of anilines is 1. The Labute approximate surface area is 266 Å². The number of carbonyl (C=O) groups excluding carboxylic acids is 1. The van der Waals surface area contributed by atoms with Crippen molar-refractivity contribution >= 4 is 51.0 Å². The quantitative estimate of drug-likeness (QED) is 0.251. The van der Waals surface area contributed by atoms with Crippen LogP contribution >= 0.6 is 27.3 Å². The smallest absolute Gasteiger partial charge is 0.338 e. The van der Waals surface area contributed by atoms with Crippen LogP contribution in [0.2, 0.25) is 0 Å². The zero-order valence-corrected chi connectivity index (χ0v) is 26.9. The Hall–Kier alpha value is -4.48. The van der Waals surface area contributed by atoms with E-state index in [-0.39, 0.29) is 24.3 Å². The van der Waals surface area contributed by atoms with Gasteiger partial charge in [0, 0.05) is 19.8 Å². The van der Waals surface area contributed by atoms with Crippen LogP contribution in [0.1, 0.15) is 46.9 Å². The van der Waals surface area contributed by atoms with Crippen molar-refractivity contribution in [1.82, 2.24) is 4.57 Å². The molecule has 1 aliphatic rings. The molecule has 0 saturated heterocycles. The lowest BCUT2D eigenvalue weighted by Gasteiger charge is -2.25. The second-order valence-corrected chi connectivity index (χ2v) is 12.1. The molecule has 9 nitrogen and oxygen atoms in total. The highest BCUT2D eigenvalue weighted by Crippen LogP contribution is 2.32. The number of thiazole rings is 1. The maximum atomic E-state index is 13.9. The number of ether oxygens (including phenoxy) is 2. The molecule has 1 aromatic heterocycles. The van der Waals surface area contributed by atoms with E-state index in [0.717, 1.165) is 22.4 Å². The van der Waals surface area contributed by atoms with Crippen molar-refractivity contribution < 1.29 is 24.2 Å². The standard InChI is InChI=1S/C33H30BrN3O6S/c1-5-42-32(41)28-19(2)35-33-37(29(28)22-11-13-24(14-12-22)36(3)4)30(38)27(44-33)17-21-8-15-26(25(34)16-21)43-18-20-6-9-23(10-7-20)31(39)40/h6-17,29H,5,18H2,1-4H3,(H,39,40)/b27-17+/t29-/m1/s1. The Morgan fingerprint density at radius 3 is 2.41 bits per heavy atom. The fourth-order valence-corrected chi connectivity index (χ4v) is 6.40. The lowest BCUT2D eigenvalue weighted by molar-refractivity contribution is -0.139. The molecule has 0 bridgehead atoms. The van der Waals surface area contributed by atoms with Crippen LogP contribution in [-0.4, -0.2) is 42.3 Å². The van der Waals surface area contributed by atoms with Gasteiger partial charge in [-0.3, -0.25) is 9.36 Å². The second-order valence-electron chi connectivity index (χ2n) is 10.3. The molecule has 4 aromatic rings. The predicted molar refractivity (Wildman–Crippen MR) is 173 cm³/mol. The molecule has 2 heterocycles. The zero-order chi connectivity index (χ0) is 31.5. The van der Waals surface area contributed by atoms with E-state index >= 15 is 0 Å². The van der Waals surface area contributed by atoms with Gasteiger partial charge in [-0.2, -0.15) is 0 Å². The Balaban J connectivity index is 1.48. The second kappa shape index (κ2) is 13.0. The lowest BCUT2D eigenvalue weighted by atomic mass is 9.95. The van der Waals surface area contributed by atoms with Crippen LogP contribution in [0.5, 0.6) is 5.75 Å². The minimum absolute atomic E-state index is 0.206. The van der Waals surface area contributed by atoms with Crippen LogP contribution in [-0.2, 0) is 16.1 Å². The van der Waals surface area contributed by atoms with Gasteiger partial charge in [-0.05, 0) is 88.9 Å². The zero-order valence-electron chi connectivity index (χ0n) is 24.5. The topological polar surface area (TPSA) is 110 Å². The number of allylic oxidation sites excluding steroid dienone is 1. The molecule has 0 radical (unpaired) electrons. The van der Waals surface area contributed by atoms with Crippen LogP contribution in [0.4, 0.5) is 5.69 Å². The molecular formula is C33H30BrN3O6S. The summed E-state index contributed by atoms with van der Waals surface area (Å²) in [6.07, 6.45) is 1.79. The van der Waals surface area contributed by atoms with Crippen molar-refractivity contribution in [2.45, 2.75) is 26.5 Å². The molecule has 0 amide bonds. The maximum Gasteiger partial charge on any atom is 0.338 e. The number of benzene rings is 3. The number of rotatable bonds is 9. The van der Waals surface area contributed by atoms with Gasteiger partial charge in [0.05, 0.1) is 38.5 Å². The Kier molecular flexibility index (Phi) is 9.17. The fraction of sp³-hybridized carbons (Fsp3) is 0.212. The van der Waals surface area contributed by atoms with Gasteiger partial charge in [-0.25, -0.2) is 14.6 Å². The summed E-state index contributed by atoms with van der Waals surface area (Å²) >= 11 is 4.82. The SMILES string of the molecule is CCOC(=O)C1=C(C)N=c2s/c(=C/c3ccc(OCc4ccc(C(=O)O)cc4)c(Br)c3)c(=O)n2[C@@H]1c1ccc(N(C)C)cc1. The van der Waals surface area contributed by atoms with Crippen molar-refractivity contribution in [1.29, 1.82) is 0 Å². The number of carbonyl (C=O) groups is 2. The van der Waals surface area contributed by atoms with Gasteiger partial charge < -0.3 is 19.5 Å². The largest absolute Gasteiger partial charge is 0.488 e. The average Bonchev–Trinajstić information content (AvgIpc) is 3.30. The van der Waals surface area contributed by atoms with Crippen molar-refractivity contribution in [2.24, 2.45) is 4.99 Å². The first-order chi connectivity index (χ1) is 21.1. The molecular weight excluding hydrogens is 646 g/mol. The van der Waals surface area contributed by atoms with Crippen molar-refractivity contribution in [2.75, 3.05) is 25.6 Å². The highest BCUT2D eigenvalue weighted by Gasteiger charge is 2.33. The molecule has 0 spiro atoms. The highest BCUT2D eigenvalue weighted by molar-refractivity contribution is 9.10.